The van der Waals surface area contributed by atoms with Gasteiger partial charge in [0.25, 0.3) is 0 Å². The summed E-state index contributed by atoms with van der Waals surface area (Å²) in [4.78, 5) is 0. The van der Waals surface area contributed by atoms with Gasteiger partial charge in [-0.3, -0.25) is 4.68 Å². The molecule has 106 valence electrons. The largest absolute Gasteiger partial charge is 0.378 e. The maximum absolute atomic E-state index is 13.7. The van der Waals surface area contributed by atoms with Gasteiger partial charge in [0.1, 0.15) is 0 Å². The van der Waals surface area contributed by atoms with Crippen molar-refractivity contribution in [1.29, 1.82) is 0 Å². The summed E-state index contributed by atoms with van der Waals surface area (Å²) < 4.78 is 16.8. The summed E-state index contributed by atoms with van der Waals surface area (Å²) in [5.41, 5.74) is 2.18. The van der Waals surface area contributed by atoms with Crippen LogP contribution in [0.2, 0.25) is 0 Å². The zero-order valence-electron chi connectivity index (χ0n) is 11.5. The summed E-state index contributed by atoms with van der Waals surface area (Å²) >= 11 is 0. The molecule has 1 N–H and O–H groups in total. The molecule has 19 heavy (non-hydrogen) atoms. The fourth-order valence-electron chi connectivity index (χ4n) is 1.78. The lowest BCUT2D eigenvalue weighted by Crippen LogP contribution is -2.03. The van der Waals surface area contributed by atoms with Gasteiger partial charge in [-0.05, 0) is 20.8 Å². The molecule has 2 rings (SSSR count). The van der Waals surface area contributed by atoms with E-state index in [1.54, 1.807) is 20.2 Å². The molecule has 0 aliphatic rings. The van der Waals surface area contributed by atoms with E-state index in [0.29, 0.717) is 23.8 Å². The van der Waals surface area contributed by atoms with Crippen molar-refractivity contribution in [3.8, 4) is 0 Å². The van der Waals surface area contributed by atoms with Crippen molar-refractivity contribution in [1.82, 2.24) is 19.6 Å². The summed E-state index contributed by atoms with van der Waals surface area (Å²) in [7, 11) is 1.60. The first-order valence-electron chi connectivity index (χ1n) is 5.95. The monoisotopic (exact) mass is 287 g/mol. The van der Waals surface area contributed by atoms with Crippen LogP contribution in [-0.2, 0) is 13.6 Å². The number of aromatic nitrogens is 4. The minimum Gasteiger partial charge on any atom is -0.378 e. The molecule has 0 amide bonds. The molecule has 2 aromatic heterocycles. The molecule has 0 radical (unpaired) electrons. The van der Waals surface area contributed by atoms with Crippen LogP contribution >= 0.6 is 12.4 Å². The number of aryl methyl sites for hydroxylation is 2. The van der Waals surface area contributed by atoms with Crippen molar-refractivity contribution >= 4 is 18.1 Å². The van der Waals surface area contributed by atoms with E-state index in [1.165, 1.54) is 4.68 Å². The SMILES string of the molecule is Cc1nn(C)c(F)c1CNc1cnn(C(C)C)c1.Cl. The summed E-state index contributed by atoms with van der Waals surface area (Å²) in [6, 6.07) is 0.317. The smallest absolute Gasteiger partial charge is 0.216 e. The molecule has 0 aromatic carbocycles. The Kier molecular flexibility index (Phi) is 4.94. The summed E-state index contributed by atoms with van der Waals surface area (Å²) in [6.45, 7) is 6.33. The molecule has 0 unspecified atom stereocenters. The lowest BCUT2D eigenvalue weighted by Gasteiger charge is -2.04. The average Bonchev–Trinajstić information content (AvgIpc) is 2.85. The van der Waals surface area contributed by atoms with Crippen molar-refractivity contribution in [2.45, 2.75) is 33.4 Å². The fraction of sp³-hybridized carbons (Fsp3) is 0.500. The van der Waals surface area contributed by atoms with E-state index in [9.17, 15) is 4.39 Å². The molecule has 0 spiro atoms. The van der Waals surface area contributed by atoms with E-state index in [4.69, 9.17) is 0 Å². The lowest BCUT2D eigenvalue weighted by molar-refractivity contribution is 0.496. The molecular weight excluding hydrogens is 269 g/mol. The van der Waals surface area contributed by atoms with E-state index < -0.39 is 0 Å². The first-order valence-corrected chi connectivity index (χ1v) is 5.95. The predicted molar refractivity (Wildman–Crippen MR) is 75.1 cm³/mol. The molecule has 0 bridgehead atoms. The van der Waals surface area contributed by atoms with Crippen molar-refractivity contribution in [2.75, 3.05) is 5.32 Å². The van der Waals surface area contributed by atoms with Crippen LogP contribution in [0.1, 0.15) is 31.1 Å². The topological polar surface area (TPSA) is 47.7 Å². The van der Waals surface area contributed by atoms with Gasteiger partial charge in [-0.25, -0.2) is 4.68 Å². The van der Waals surface area contributed by atoms with E-state index in [1.807, 2.05) is 10.9 Å². The summed E-state index contributed by atoms with van der Waals surface area (Å²) in [5.74, 6) is -0.295. The number of nitrogens with zero attached hydrogens (tertiary/aromatic N) is 4. The number of hydrogen-bond donors (Lipinski definition) is 1. The first-order chi connectivity index (χ1) is 8.49. The molecule has 7 heteroatoms. The van der Waals surface area contributed by atoms with Crippen molar-refractivity contribution in [2.24, 2.45) is 7.05 Å². The van der Waals surface area contributed by atoms with Gasteiger partial charge in [-0.1, -0.05) is 0 Å². The Morgan fingerprint density at radius 2 is 2.11 bits per heavy atom. The third-order valence-electron chi connectivity index (χ3n) is 2.87. The van der Waals surface area contributed by atoms with Gasteiger partial charge >= 0.3 is 0 Å². The normalized spacial score (nSPS) is 10.6. The highest BCUT2D eigenvalue weighted by atomic mass is 35.5. The Morgan fingerprint density at radius 1 is 1.42 bits per heavy atom. The van der Waals surface area contributed by atoms with Crippen molar-refractivity contribution in [3.05, 3.63) is 29.6 Å². The highest BCUT2D eigenvalue weighted by molar-refractivity contribution is 5.85. The zero-order valence-corrected chi connectivity index (χ0v) is 12.3. The molecule has 5 nitrogen and oxygen atoms in total. The van der Waals surface area contributed by atoms with E-state index in [0.717, 1.165) is 5.69 Å². The predicted octanol–water partition coefficient (Wildman–Crippen LogP) is 2.68. The van der Waals surface area contributed by atoms with Gasteiger partial charge < -0.3 is 5.32 Å². The molecule has 2 heterocycles. The van der Waals surface area contributed by atoms with Crippen LogP contribution in [0.5, 0.6) is 0 Å². The van der Waals surface area contributed by atoms with Gasteiger partial charge in [0.2, 0.25) is 5.95 Å². The van der Waals surface area contributed by atoms with E-state index >= 15 is 0 Å². The van der Waals surface area contributed by atoms with Crippen LogP contribution in [0.4, 0.5) is 10.1 Å². The van der Waals surface area contributed by atoms with E-state index in [-0.39, 0.29) is 18.4 Å². The summed E-state index contributed by atoms with van der Waals surface area (Å²) in [6.07, 6.45) is 3.65. The number of nitrogens with one attached hydrogen (secondary N) is 1. The maximum atomic E-state index is 13.7. The Balaban J connectivity index is 0.00000180. The molecule has 0 saturated carbocycles. The first kappa shape index (κ1) is 15.5. The third kappa shape index (κ3) is 3.26. The minimum absolute atomic E-state index is 0. The Labute approximate surface area is 118 Å². The molecule has 0 saturated heterocycles. The van der Waals surface area contributed by atoms with Crippen LogP contribution in [0.3, 0.4) is 0 Å². The van der Waals surface area contributed by atoms with E-state index in [2.05, 4.69) is 29.4 Å². The maximum Gasteiger partial charge on any atom is 0.216 e. The second-order valence-corrected chi connectivity index (χ2v) is 4.63. The van der Waals surface area contributed by atoms with Crippen LogP contribution < -0.4 is 5.32 Å². The van der Waals surface area contributed by atoms with Crippen molar-refractivity contribution < 1.29 is 4.39 Å². The Bertz CT molecular complexity index is 546. The molecule has 2 aromatic rings. The van der Waals surface area contributed by atoms with Gasteiger partial charge in [-0.15, -0.1) is 12.4 Å². The second kappa shape index (κ2) is 6.06. The van der Waals surface area contributed by atoms with Gasteiger partial charge in [0.05, 0.1) is 17.6 Å². The Hall–Kier alpha value is -1.56. The quantitative estimate of drug-likeness (QED) is 0.940. The lowest BCUT2D eigenvalue weighted by atomic mass is 10.2. The standard InChI is InChI=1S/C12H18FN5.ClH/c1-8(2)18-7-10(5-15-18)14-6-11-9(3)16-17(4)12(11)13;/h5,7-8,14H,6H2,1-4H3;1H. The highest BCUT2D eigenvalue weighted by Gasteiger charge is 2.12. The van der Waals surface area contributed by atoms with Crippen molar-refractivity contribution in [3.63, 3.8) is 0 Å². The highest BCUT2D eigenvalue weighted by Crippen LogP contribution is 2.15. The van der Waals surface area contributed by atoms with Crippen LogP contribution in [0, 0.1) is 12.9 Å². The van der Waals surface area contributed by atoms with Crippen LogP contribution in [0.15, 0.2) is 12.4 Å². The number of halogens is 2. The Morgan fingerprint density at radius 3 is 2.58 bits per heavy atom. The molecular formula is C12H19ClFN5. The molecule has 0 aliphatic heterocycles. The zero-order chi connectivity index (χ0) is 13.3. The summed E-state index contributed by atoms with van der Waals surface area (Å²) in [5, 5.41) is 11.4. The number of rotatable bonds is 4. The number of anilines is 1. The molecule has 0 aliphatic carbocycles. The van der Waals surface area contributed by atoms with Crippen LogP contribution in [-0.4, -0.2) is 19.6 Å². The second-order valence-electron chi connectivity index (χ2n) is 4.63. The molecule has 0 atom stereocenters. The fourth-order valence-corrected chi connectivity index (χ4v) is 1.78. The molecule has 0 fully saturated rings. The average molecular weight is 288 g/mol. The van der Waals surface area contributed by atoms with Gasteiger partial charge in [-0.2, -0.15) is 14.6 Å². The van der Waals surface area contributed by atoms with Gasteiger partial charge in [0.15, 0.2) is 0 Å². The third-order valence-corrected chi connectivity index (χ3v) is 2.87. The van der Waals surface area contributed by atoms with Crippen LogP contribution in [0.25, 0.3) is 0 Å². The number of hydrogen-bond acceptors (Lipinski definition) is 3. The van der Waals surface area contributed by atoms with Gasteiger partial charge in [0, 0.05) is 31.4 Å². The minimum atomic E-state index is -0.295.